The molecule has 8 heteroatoms. The highest BCUT2D eigenvalue weighted by Gasteiger charge is 2.10. The third kappa shape index (κ3) is 10.3. The molecule has 0 aliphatic carbocycles. The topological polar surface area (TPSA) is 73.8 Å². The maximum Gasteiger partial charge on any atom is 0.191 e. The van der Waals surface area contributed by atoms with Gasteiger partial charge in [-0.25, -0.2) is 13.4 Å². The summed E-state index contributed by atoms with van der Waals surface area (Å²) in [4.78, 5) is 7.29. The fourth-order valence-electron chi connectivity index (χ4n) is 2.64. The molecule has 0 heterocycles. The standard InChI is InChI=1S/C19H34N4O2S.HI/c1-6-8-12-23(4)13-11-21-19(20-7-2)22-15-17-9-10-18(16(3)14-17)26(5,24)25;/h9-10,14H,6-8,11-13,15H2,1-5H3,(H2,20,21,22);1H. The van der Waals surface area contributed by atoms with Crippen LogP contribution < -0.4 is 10.6 Å². The summed E-state index contributed by atoms with van der Waals surface area (Å²) in [5.74, 6) is 0.779. The minimum atomic E-state index is -3.18. The Kier molecular flexibility index (Phi) is 12.9. The average Bonchev–Trinajstić information content (AvgIpc) is 2.56. The van der Waals surface area contributed by atoms with Crippen molar-refractivity contribution in [1.29, 1.82) is 0 Å². The van der Waals surface area contributed by atoms with E-state index >= 15 is 0 Å². The zero-order valence-electron chi connectivity index (χ0n) is 17.2. The van der Waals surface area contributed by atoms with Crippen molar-refractivity contribution >= 4 is 39.8 Å². The lowest BCUT2D eigenvalue weighted by molar-refractivity contribution is 0.332. The van der Waals surface area contributed by atoms with E-state index in [9.17, 15) is 8.42 Å². The summed E-state index contributed by atoms with van der Waals surface area (Å²) in [6.45, 7) is 10.3. The molecule has 0 bridgehead atoms. The molecule has 0 aliphatic heterocycles. The van der Waals surface area contributed by atoms with Crippen molar-refractivity contribution in [3.8, 4) is 0 Å². The van der Waals surface area contributed by atoms with Gasteiger partial charge in [-0.05, 0) is 51.1 Å². The molecule has 0 saturated carbocycles. The van der Waals surface area contributed by atoms with Gasteiger partial charge in [0.05, 0.1) is 11.4 Å². The number of benzene rings is 1. The number of nitrogens with one attached hydrogen (secondary N) is 2. The third-order valence-corrected chi connectivity index (χ3v) is 5.34. The second-order valence-electron chi connectivity index (χ2n) is 6.65. The first-order valence-corrected chi connectivity index (χ1v) is 11.2. The van der Waals surface area contributed by atoms with Gasteiger partial charge in [0.25, 0.3) is 0 Å². The van der Waals surface area contributed by atoms with E-state index in [2.05, 4.69) is 34.5 Å². The molecule has 1 rings (SSSR count). The number of sulfone groups is 1. The molecule has 1 aromatic rings. The van der Waals surface area contributed by atoms with Gasteiger partial charge in [0.1, 0.15) is 0 Å². The summed E-state index contributed by atoms with van der Waals surface area (Å²) in [7, 11) is -1.05. The van der Waals surface area contributed by atoms with E-state index < -0.39 is 9.84 Å². The Morgan fingerprint density at radius 1 is 1.19 bits per heavy atom. The third-order valence-electron chi connectivity index (χ3n) is 4.08. The normalized spacial score (nSPS) is 12.0. The highest BCUT2D eigenvalue weighted by molar-refractivity contribution is 14.0. The lowest BCUT2D eigenvalue weighted by Crippen LogP contribution is -2.41. The Balaban J connectivity index is 0.00000676. The molecular weight excluding hydrogens is 475 g/mol. The zero-order chi connectivity index (χ0) is 19.6. The highest BCUT2D eigenvalue weighted by atomic mass is 127. The van der Waals surface area contributed by atoms with E-state index in [1.807, 2.05) is 26.0 Å². The smallest absolute Gasteiger partial charge is 0.191 e. The molecule has 156 valence electrons. The monoisotopic (exact) mass is 510 g/mol. The Labute approximate surface area is 182 Å². The van der Waals surface area contributed by atoms with Crippen LogP contribution in [0.4, 0.5) is 0 Å². The Morgan fingerprint density at radius 2 is 1.89 bits per heavy atom. The van der Waals surface area contributed by atoms with Gasteiger partial charge in [0, 0.05) is 25.9 Å². The van der Waals surface area contributed by atoms with E-state index in [1.54, 1.807) is 6.07 Å². The van der Waals surface area contributed by atoms with Gasteiger partial charge in [0.2, 0.25) is 0 Å². The number of hydrogen-bond acceptors (Lipinski definition) is 4. The summed E-state index contributed by atoms with van der Waals surface area (Å²) in [5.41, 5.74) is 1.75. The molecule has 0 fully saturated rings. The van der Waals surface area contributed by atoms with Crippen LogP contribution in [0.5, 0.6) is 0 Å². The number of nitrogens with zero attached hydrogens (tertiary/aromatic N) is 2. The van der Waals surface area contributed by atoms with Gasteiger partial charge in [-0.2, -0.15) is 0 Å². The molecule has 6 nitrogen and oxygen atoms in total. The van der Waals surface area contributed by atoms with E-state index in [0.29, 0.717) is 11.4 Å². The van der Waals surface area contributed by atoms with Crippen LogP contribution in [-0.4, -0.2) is 58.8 Å². The Bertz CT molecular complexity index is 693. The quantitative estimate of drug-likeness (QED) is 0.288. The van der Waals surface area contributed by atoms with Gasteiger partial charge < -0.3 is 15.5 Å². The molecule has 0 unspecified atom stereocenters. The lowest BCUT2D eigenvalue weighted by Gasteiger charge is -2.18. The molecule has 27 heavy (non-hydrogen) atoms. The Hall–Kier alpha value is -0.870. The van der Waals surface area contributed by atoms with Crippen molar-refractivity contribution in [2.24, 2.45) is 4.99 Å². The number of guanidine groups is 1. The largest absolute Gasteiger partial charge is 0.357 e. The zero-order valence-corrected chi connectivity index (χ0v) is 20.4. The summed E-state index contributed by atoms with van der Waals surface area (Å²) >= 11 is 0. The molecule has 0 amide bonds. The van der Waals surface area contributed by atoms with E-state index in [0.717, 1.165) is 43.3 Å². The summed E-state index contributed by atoms with van der Waals surface area (Å²) in [6, 6.07) is 5.38. The maximum atomic E-state index is 11.7. The first-order valence-electron chi connectivity index (χ1n) is 9.28. The minimum absolute atomic E-state index is 0. The number of unbranched alkanes of at least 4 members (excludes halogenated alkanes) is 1. The molecule has 0 atom stereocenters. The van der Waals surface area contributed by atoms with Gasteiger partial charge in [-0.1, -0.05) is 25.5 Å². The number of rotatable bonds is 10. The number of aliphatic imine (C=N–C) groups is 1. The lowest BCUT2D eigenvalue weighted by atomic mass is 10.1. The van der Waals surface area contributed by atoms with E-state index in [4.69, 9.17) is 0 Å². The van der Waals surface area contributed by atoms with Crippen molar-refractivity contribution in [2.75, 3.05) is 39.5 Å². The van der Waals surface area contributed by atoms with Crippen molar-refractivity contribution in [1.82, 2.24) is 15.5 Å². The predicted octanol–water partition coefficient (Wildman–Crippen LogP) is 2.80. The SMILES string of the molecule is CCCCN(C)CCNC(=NCc1ccc(S(C)(=O)=O)c(C)c1)NCC.I. The summed E-state index contributed by atoms with van der Waals surface area (Å²) < 4.78 is 23.4. The van der Waals surface area contributed by atoms with Crippen LogP contribution in [-0.2, 0) is 16.4 Å². The predicted molar refractivity (Wildman–Crippen MR) is 125 cm³/mol. The molecule has 0 aromatic heterocycles. The Morgan fingerprint density at radius 3 is 2.44 bits per heavy atom. The number of aryl methyl sites for hydroxylation is 1. The summed E-state index contributed by atoms with van der Waals surface area (Å²) in [5, 5.41) is 6.59. The average molecular weight is 510 g/mol. The van der Waals surface area contributed by atoms with Gasteiger partial charge in [-0.3, -0.25) is 0 Å². The second kappa shape index (κ2) is 13.3. The van der Waals surface area contributed by atoms with E-state index in [1.165, 1.54) is 19.1 Å². The molecule has 2 N–H and O–H groups in total. The van der Waals surface area contributed by atoms with Crippen molar-refractivity contribution < 1.29 is 8.42 Å². The van der Waals surface area contributed by atoms with Crippen LogP contribution in [0.3, 0.4) is 0 Å². The molecule has 1 aromatic carbocycles. The minimum Gasteiger partial charge on any atom is -0.357 e. The van der Waals surface area contributed by atoms with Crippen molar-refractivity contribution in [2.45, 2.75) is 45.1 Å². The summed E-state index contributed by atoms with van der Waals surface area (Å²) in [6.07, 6.45) is 3.66. The van der Waals surface area contributed by atoms with Crippen LogP contribution in [0.15, 0.2) is 28.1 Å². The van der Waals surface area contributed by atoms with E-state index in [-0.39, 0.29) is 24.0 Å². The first-order chi connectivity index (χ1) is 12.3. The van der Waals surface area contributed by atoms with Crippen LogP contribution >= 0.6 is 24.0 Å². The highest BCUT2D eigenvalue weighted by Crippen LogP contribution is 2.17. The molecule has 0 spiro atoms. The molecule has 0 radical (unpaired) electrons. The number of hydrogen-bond donors (Lipinski definition) is 2. The van der Waals surface area contributed by atoms with Gasteiger partial charge >= 0.3 is 0 Å². The van der Waals surface area contributed by atoms with Gasteiger partial charge in [-0.15, -0.1) is 24.0 Å². The van der Waals surface area contributed by atoms with Crippen LogP contribution in [0, 0.1) is 6.92 Å². The maximum absolute atomic E-state index is 11.7. The van der Waals surface area contributed by atoms with Crippen molar-refractivity contribution in [3.63, 3.8) is 0 Å². The first kappa shape index (κ1) is 26.1. The molecular formula is C19H35IN4O2S. The molecule has 0 saturated heterocycles. The van der Waals surface area contributed by atoms with Crippen molar-refractivity contribution in [3.05, 3.63) is 29.3 Å². The van der Waals surface area contributed by atoms with Crippen LogP contribution in [0.2, 0.25) is 0 Å². The van der Waals surface area contributed by atoms with Gasteiger partial charge in [0.15, 0.2) is 15.8 Å². The van der Waals surface area contributed by atoms with Crippen LogP contribution in [0.25, 0.3) is 0 Å². The number of likely N-dealkylation sites (N-methyl/N-ethyl adjacent to an activating group) is 1. The van der Waals surface area contributed by atoms with Crippen LogP contribution in [0.1, 0.15) is 37.8 Å². The fraction of sp³-hybridized carbons (Fsp3) is 0.632. The number of halogens is 1. The fourth-order valence-corrected chi connectivity index (χ4v) is 3.60. The molecule has 0 aliphatic rings. The second-order valence-corrected chi connectivity index (χ2v) is 8.63.